The van der Waals surface area contributed by atoms with Gasteiger partial charge in [-0.05, 0) is 37.3 Å². The molecule has 1 aromatic rings. The van der Waals surface area contributed by atoms with Crippen LogP contribution in [0.3, 0.4) is 0 Å². The molecular weight excluding hydrogens is 256 g/mol. The molecule has 1 aliphatic carbocycles. The third-order valence-corrected chi connectivity index (χ3v) is 3.20. The van der Waals surface area contributed by atoms with E-state index in [4.69, 9.17) is 4.74 Å². The zero-order valence-electron chi connectivity index (χ0n) is 11.5. The van der Waals surface area contributed by atoms with E-state index in [1.54, 1.807) is 12.1 Å². The summed E-state index contributed by atoms with van der Waals surface area (Å²) >= 11 is 0. The minimum absolute atomic E-state index is 0.0405. The Morgan fingerprint density at radius 2 is 2.30 bits per heavy atom. The van der Waals surface area contributed by atoms with Gasteiger partial charge in [0.25, 0.3) is 0 Å². The lowest BCUT2D eigenvalue weighted by Gasteiger charge is -2.08. The van der Waals surface area contributed by atoms with E-state index in [-0.39, 0.29) is 10.6 Å². The summed E-state index contributed by atoms with van der Waals surface area (Å²) in [7, 11) is 0. The molecule has 0 aromatic heterocycles. The molecule has 0 atom stereocenters. The minimum atomic E-state index is -0.385. The Morgan fingerprint density at radius 1 is 1.50 bits per heavy atom. The van der Waals surface area contributed by atoms with Gasteiger partial charge in [0.2, 0.25) is 0 Å². The van der Waals surface area contributed by atoms with Crippen molar-refractivity contribution in [3.05, 3.63) is 46.5 Å². The fraction of sp³-hybridized carbons (Fsp3) is 0.467. The number of rotatable bonds is 9. The molecule has 1 saturated carbocycles. The van der Waals surface area contributed by atoms with Crippen LogP contribution in [0.15, 0.2) is 30.9 Å². The number of unbranched alkanes of at least 4 members (excludes halogenated alkanes) is 1. The van der Waals surface area contributed by atoms with Crippen LogP contribution in [0, 0.1) is 10.1 Å². The van der Waals surface area contributed by atoms with Crippen molar-refractivity contribution >= 4 is 5.69 Å². The van der Waals surface area contributed by atoms with Crippen LogP contribution in [0.4, 0.5) is 5.69 Å². The van der Waals surface area contributed by atoms with Gasteiger partial charge in [-0.15, -0.1) is 6.58 Å². The van der Waals surface area contributed by atoms with Crippen molar-refractivity contribution in [1.82, 2.24) is 5.32 Å². The Bertz CT molecular complexity index is 484. The van der Waals surface area contributed by atoms with Crippen molar-refractivity contribution in [2.24, 2.45) is 0 Å². The Kier molecular flexibility index (Phi) is 5.12. The van der Waals surface area contributed by atoms with Crippen molar-refractivity contribution in [2.45, 2.75) is 38.3 Å². The molecule has 0 spiro atoms. The van der Waals surface area contributed by atoms with E-state index in [0.29, 0.717) is 24.9 Å². The van der Waals surface area contributed by atoms with Gasteiger partial charge in [0.1, 0.15) is 0 Å². The average Bonchev–Trinajstić information content (AvgIpc) is 3.26. The quantitative estimate of drug-likeness (QED) is 0.325. The van der Waals surface area contributed by atoms with Gasteiger partial charge in [0.05, 0.1) is 11.5 Å². The second kappa shape index (κ2) is 7.05. The topological polar surface area (TPSA) is 64.4 Å². The van der Waals surface area contributed by atoms with E-state index in [1.807, 2.05) is 12.1 Å². The van der Waals surface area contributed by atoms with Gasteiger partial charge < -0.3 is 10.1 Å². The monoisotopic (exact) mass is 276 g/mol. The molecule has 5 nitrogen and oxygen atoms in total. The molecule has 1 N–H and O–H groups in total. The standard InChI is InChI=1S/C15H20N2O3/c1-2-3-4-9-20-15-8-5-12(10-14(15)17(18)19)11-16-13-6-7-13/h2,5,8,10,13,16H,1,3-4,6-7,9,11H2. The molecule has 2 rings (SSSR count). The molecule has 0 saturated heterocycles. The van der Waals surface area contributed by atoms with Crippen LogP contribution in [-0.4, -0.2) is 17.6 Å². The van der Waals surface area contributed by atoms with Gasteiger partial charge >= 0.3 is 5.69 Å². The fourth-order valence-corrected chi connectivity index (χ4v) is 1.90. The van der Waals surface area contributed by atoms with E-state index in [2.05, 4.69) is 11.9 Å². The lowest BCUT2D eigenvalue weighted by molar-refractivity contribution is -0.385. The molecule has 0 aliphatic heterocycles. The van der Waals surface area contributed by atoms with E-state index < -0.39 is 0 Å². The minimum Gasteiger partial charge on any atom is -0.487 e. The van der Waals surface area contributed by atoms with Crippen molar-refractivity contribution in [2.75, 3.05) is 6.61 Å². The summed E-state index contributed by atoms with van der Waals surface area (Å²) in [5.74, 6) is 0.342. The summed E-state index contributed by atoms with van der Waals surface area (Å²) < 4.78 is 5.48. The number of allylic oxidation sites excluding steroid dienone is 1. The normalized spacial score (nSPS) is 14.0. The summed E-state index contributed by atoms with van der Waals surface area (Å²) in [6, 6.07) is 5.75. The highest BCUT2D eigenvalue weighted by molar-refractivity contribution is 5.48. The number of nitro benzene ring substituents is 1. The lowest BCUT2D eigenvalue weighted by Crippen LogP contribution is -2.15. The van der Waals surface area contributed by atoms with Gasteiger partial charge in [-0.3, -0.25) is 10.1 Å². The number of nitrogens with one attached hydrogen (secondary N) is 1. The molecule has 0 amide bonds. The number of hydrogen-bond acceptors (Lipinski definition) is 4. The molecule has 0 heterocycles. The predicted octanol–water partition coefficient (Wildman–Crippen LogP) is 3.19. The lowest BCUT2D eigenvalue weighted by atomic mass is 10.2. The number of ether oxygens (including phenoxy) is 1. The van der Waals surface area contributed by atoms with Gasteiger partial charge in [-0.25, -0.2) is 0 Å². The molecule has 1 aromatic carbocycles. The maximum atomic E-state index is 11.1. The highest BCUT2D eigenvalue weighted by atomic mass is 16.6. The van der Waals surface area contributed by atoms with Crippen molar-refractivity contribution in [1.29, 1.82) is 0 Å². The number of hydrogen-bond donors (Lipinski definition) is 1. The van der Waals surface area contributed by atoms with Gasteiger partial charge in [-0.2, -0.15) is 0 Å². The zero-order valence-corrected chi connectivity index (χ0v) is 11.5. The zero-order chi connectivity index (χ0) is 14.4. The molecule has 1 aliphatic rings. The van der Waals surface area contributed by atoms with Gasteiger partial charge in [0, 0.05) is 18.7 Å². The Labute approximate surface area is 118 Å². The third kappa shape index (κ3) is 4.35. The van der Waals surface area contributed by atoms with Crippen molar-refractivity contribution in [3.63, 3.8) is 0 Å². The highest BCUT2D eigenvalue weighted by Gasteiger charge is 2.21. The Balaban J connectivity index is 1.98. The second-order valence-corrected chi connectivity index (χ2v) is 4.99. The summed E-state index contributed by atoms with van der Waals surface area (Å²) in [4.78, 5) is 10.7. The summed E-state index contributed by atoms with van der Waals surface area (Å²) in [6.07, 6.45) is 5.87. The Hall–Kier alpha value is -1.88. The van der Waals surface area contributed by atoms with E-state index in [9.17, 15) is 10.1 Å². The summed E-state index contributed by atoms with van der Waals surface area (Å²) in [6.45, 7) is 4.77. The highest BCUT2D eigenvalue weighted by Crippen LogP contribution is 2.28. The second-order valence-electron chi connectivity index (χ2n) is 4.99. The van der Waals surface area contributed by atoms with E-state index >= 15 is 0 Å². The SMILES string of the molecule is C=CCCCOc1ccc(CNC2CC2)cc1[N+](=O)[O-]. The first kappa shape index (κ1) is 14.5. The predicted molar refractivity (Wildman–Crippen MR) is 77.9 cm³/mol. The molecular formula is C15H20N2O3. The Morgan fingerprint density at radius 3 is 2.95 bits per heavy atom. The van der Waals surface area contributed by atoms with Crippen LogP contribution < -0.4 is 10.1 Å². The van der Waals surface area contributed by atoms with Crippen LogP contribution in [-0.2, 0) is 6.54 Å². The fourth-order valence-electron chi connectivity index (χ4n) is 1.90. The molecule has 0 unspecified atom stereocenters. The van der Waals surface area contributed by atoms with Crippen molar-refractivity contribution < 1.29 is 9.66 Å². The molecule has 20 heavy (non-hydrogen) atoms. The average molecular weight is 276 g/mol. The van der Waals surface area contributed by atoms with Crippen LogP contribution in [0.25, 0.3) is 0 Å². The third-order valence-electron chi connectivity index (χ3n) is 3.20. The van der Waals surface area contributed by atoms with E-state index in [0.717, 1.165) is 18.4 Å². The summed E-state index contributed by atoms with van der Waals surface area (Å²) in [5, 5.41) is 14.4. The van der Waals surface area contributed by atoms with E-state index in [1.165, 1.54) is 12.8 Å². The van der Waals surface area contributed by atoms with Gasteiger partial charge in [0.15, 0.2) is 5.75 Å². The molecule has 0 bridgehead atoms. The molecule has 1 fully saturated rings. The molecule has 0 radical (unpaired) electrons. The molecule has 5 heteroatoms. The largest absolute Gasteiger partial charge is 0.487 e. The first-order valence-electron chi connectivity index (χ1n) is 6.95. The first-order valence-corrected chi connectivity index (χ1v) is 6.95. The smallest absolute Gasteiger partial charge is 0.311 e. The maximum absolute atomic E-state index is 11.1. The number of nitro groups is 1. The molecule has 108 valence electrons. The van der Waals surface area contributed by atoms with Crippen LogP contribution >= 0.6 is 0 Å². The van der Waals surface area contributed by atoms with Crippen LogP contribution in [0.5, 0.6) is 5.75 Å². The maximum Gasteiger partial charge on any atom is 0.311 e. The van der Waals surface area contributed by atoms with Crippen LogP contribution in [0.1, 0.15) is 31.2 Å². The van der Waals surface area contributed by atoms with Crippen molar-refractivity contribution in [3.8, 4) is 5.75 Å². The van der Waals surface area contributed by atoms with Crippen LogP contribution in [0.2, 0.25) is 0 Å². The summed E-state index contributed by atoms with van der Waals surface area (Å²) in [5.41, 5.74) is 0.959. The number of benzene rings is 1. The first-order chi connectivity index (χ1) is 9.70. The van der Waals surface area contributed by atoms with Gasteiger partial charge in [-0.1, -0.05) is 12.1 Å². The number of nitrogens with zero attached hydrogens (tertiary/aromatic N) is 1.